The van der Waals surface area contributed by atoms with Gasteiger partial charge in [-0.3, -0.25) is 9.79 Å². The summed E-state index contributed by atoms with van der Waals surface area (Å²) < 4.78 is 1.02. The van der Waals surface area contributed by atoms with Crippen molar-refractivity contribution in [2.24, 2.45) is 4.99 Å². The number of nitrogens with one attached hydrogen (secondary N) is 2. The van der Waals surface area contributed by atoms with Gasteiger partial charge in [0.05, 0.1) is 0 Å². The molecule has 0 saturated heterocycles. The minimum absolute atomic E-state index is 0. The number of carbonyl (C=O) groups is 1. The fourth-order valence-electron chi connectivity index (χ4n) is 1.73. The van der Waals surface area contributed by atoms with Crippen LogP contribution in [0.25, 0.3) is 0 Å². The van der Waals surface area contributed by atoms with Gasteiger partial charge < -0.3 is 15.5 Å². The predicted octanol–water partition coefficient (Wildman–Crippen LogP) is 2.21. The van der Waals surface area contributed by atoms with Gasteiger partial charge >= 0.3 is 0 Å². The Morgan fingerprint density at radius 3 is 2.62 bits per heavy atom. The van der Waals surface area contributed by atoms with Crippen molar-refractivity contribution >= 4 is 51.8 Å². The summed E-state index contributed by atoms with van der Waals surface area (Å²) in [6.45, 7) is 1.16. The molecule has 0 aliphatic heterocycles. The summed E-state index contributed by atoms with van der Waals surface area (Å²) in [5.74, 6) is 0.783. The number of benzene rings is 1. The molecule has 2 N–H and O–H groups in total. The molecule has 1 aromatic carbocycles. The number of amides is 1. The van der Waals surface area contributed by atoms with E-state index in [1.807, 2.05) is 31.3 Å². The summed E-state index contributed by atoms with van der Waals surface area (Å²) >= 11 is 3.49. The van der Waals surface area contributed by atoms with Crippen molar-refractivity contribution in [3.63, 3.8) is 0 Å². The number of halogens is 2. The molecule has 5 nitrogen and oxygen atoms in total. The SMILES string of the molecule is CN=C(NC)NCCC(=O)N(C)Cc1ccccc1Br.I. The Morgan fingerprint density at radius 1 is 1.38 bits per heavy atom. The molecule has 1 amide bonds. The molecule has 0 aliphatic carbocycles. The van der Waals surface area contributed by atoms with E-state index in [2.05, 4.69) is 31.6 Å². The van der Waals surface area contributed by atoms with Gasteiger partial charge in [-0.05, 0) is 11.6 Å². The third-order valence-electron chi connectivity index (χ3n) is 2.88. The van der Waals surface area contributed by atoms with Crippen LogP contribution in [-0.2, 0) is 11.3 Å². The molecule has 0 aromatic heterocycles. The Bertz CT molecular complexity index is 482. The topological polar surface area (TPSA) is 56.7 Å². The van der Waals surface area contributed by atoms with E-state index in [4.69, 9.17) is 0 Å². The van der Waals surface area contributed by atoms with Gasteiger partial charge in [-0.25, -0.2) is 0 Å². The Balaban J connectivity index is 0.00000400. The molecule has 0 saturated carbocycles. The van der Waals surface area contributed by atoms with Crippen molar-refractivity contribution in [1.82, 2.24) is 15.5 Å². The van der Waals surface area contributed by atoms with Gasteiger partial charge in [0.1, 0.15) is 0 Å². The first kappa shape index (κ1) is 20.2. The van der Waals surface area contributed by atoms with Crippen LogP contribution in [0, 0.1) is 0 Å². The zero-order chi connectivity index (χ0) is 15.0. The Morgan fingerprint density at radius 2 is 2.05 bits per heavy atom. The standard InChI is InChI=1S/C14H21BrN4O.HI/c1-16-14(17-2)18-9-8-13(20)19(3)10-11-6-4-5-7-12(11)15;/h4-7H,8-10H2,1-3H3,(H2,16,17,18);1H. The van der Waals surface area contributed by atoms with Crippen molar-refractivity contribution in [3.8, 4) is 0 Å². The van der Waals surface area contributed by atoms with Gasteiger partial charge in [-0.2, -0.15) is 0 Å². The number of rotatable bonds is 5. The highest BCUT2D eigenvalue weighted by Gasteiger charge is 2.10. The second-order valence-corrected chi connectivity index (χ2v) is 5.19. The van der Waals surface area contributed by atoms with Crippen LogP contribution in [0.2, 0.25) is 0 Å². The van der Waals surface area contributed by atoms with Crippen LogP contribution in [0.15, 0.2) is 33.7 Å². The van der Waals surface area contributed by atoms with E-state index >= 15 is 0 Å². The second-order valence-electron chi connectivity index (χ2n) is 4.34. The van der Waals surface area contributed by atoms with Crippen LogP contribution in [0.5, 0.6) is 0 Å². The number of hydrogen-bond acceptors (Lipinski definition) is 2. The van der Waals surface area contributed by atoms with Crippen molar-refractivity contribution in [3.05, 3.63) is 34.3 Å². The predicted molar refractivity (Wildman–Crippen MR) is 101 cm³/mol. The highest BCUT2D eigenvalue weighted by Crippen LogP contribution is 2.17. The van der Waals surface area contributed by atoms with Gasteiger partial charge in [0.2, 0.25) is 5.91 Å². The van der Waals surface area contributed by atoms with E-state index in [1.165, 1.54) is 0 Å². The Kier molecular flexibility index (Phi) is 10.4. The van der Waals surface area contributed by atoms with Crippen LogP contribution in [-0.4, -0.2) is 44.5 Å². The smallest absolute Gasteiger partial charge is 0.224 e. The lowest BCUT2D eigenvalue weighted by molar-refractivity contribution is -0.130. The van der Waals surface area contributed by atoms with E-state index in [1.54, 1.807) is 19.0 Å². The number of guanidine groups is 1. The summed E-state index contributed by atoms with van der Waals surface area (Å²) in [4.78, 5) is 17.7. The molecule has 0 heterocycles. The van der Waals surface area contributed by atoms with Gasteiger partial charge in [0, 0.05) is 45.1 Å². The van der Waals surface area contributed by atoms with E-state index in [9.17, 15) is 4.79 Å². The average molecular weight is 469 g/mol. The number of nitrogens with zero attached hydrogens (tertiary/aromatic N) is 2. The van der Waals surface area contributed by atoms with Crippen molar-refractivity contribution in [1.29, 1.82) is 0 Å². The lowest BCUT2D eigenvalue weighted by Gasteiger charge is -2.18. The van der Waals surface area contributed by atoms with Crippen molar-refractivity contribution in [2.75, 3.05) is 27.7 Å². The van der Waals surface area contributed by atoms with Gasteiger partial charge in [0.25, 0.3) is 0 Å². The first-order chi connectivity index (χ1) is 9.58. The van der Waals surface area contributed by atoms with Crippen molar-refractivity contribution < 1.29 is 4.79 Å². The molecular formula is C14H22BrIN4O. The third kappa shape index (κ3) is 7.12. The molecule has 0 radical (unpaired) electrons. The monoisotopic (exact) mass is 468 g/mol. The zero-order valence-corrected chi connectivity index (χ0v) is 16.4. The fraction of sp³-hybridized carbons (Fsp3) is 0.429. The molecule has 118 valence electrons. The fourth-order valence-corrected chi connectivity index (χ4v) is 2.14. The van der Waals surface area contributed by atoms with Gasteiger partial charge in [-0.15, -0.1) is 24.0 Å². The minimum Gasteiger partial charge on any atom is -0.359 e. The molecule has 0 spiro atoms. The highest BCUT2D eigenvalue weighted by molar-refractivity contribution is 14.0. The first-order valence-electron chi connectivity index (χ1n) is 6.44. The van der Waals surface area contributed by atoms with E-state index in [0.717, 1.165) is 10.0 Å². The largest absolute Gasteiger partial charge is 0.359 e. The number of aliphatic imine (C=N–C) groups is 1. The number of hydrogen-bond donors (Lipinski definition) is 2. The highest BCUT2D eigenvalue weighted by atomic mass is 127. The Labute approximate surface area is 151 Å². The van der Waals surface area contributed by atoms with Gasteiger partial charge in [-0.1, -0.05) is 34.1 Å². The van der Waals surface area contributed by atoms with E-state index in [-0.39, 0.29) is 29.9 Å². The van der Waals surface area contributed by atoms with Crippen molar-refractivity contribution in [2.45, 2.75) is 13.0 Å². The van der Waals surface area contributed by atoms with Gasteiger partial charge in [0.15, 0.2) is 5.96 Å². The summed E-state index contributed by atoms with van der Waals surface area (Å²) in [5, 5.41) is 5.97. The molecule has 0 bridgehead atoms. The summed E-state index contributed by atoms with van der Waals surface area (Å²) in [5.41, 5.74) is 1.10. The summed E-state index contributed by atoms with van der Waals surface area (Å²) in [6.07, 6.45) is 0.432. The average Bonchev–Trinajstić information content (AvgIpc) is 2.45. The van der Waals surface area contributed by atoms with Crippen LogP contribution in [0.1, 0.15) is 12.0 Å². The molecular weight excluding hydrogens is 447 g/mol. The van der Waals surface area contributed by atoms with Crippen LogP contribution >= 0.6 is 39.9 Å². The van der Waals surface area contributed by atoms with Crippen LogP contribution in [0.4, 0.5) is 0 Å². The van der Waals surface area contributed by atoms with Crippen LogP contribution < -0.4 is 10.6 Å². The molecule has 0 aliphatic rings. The first-order valence-corrected chi connectivity index (χ1v) is 7.23. The summed E-state index contributed by atoms with van der Waals surface area (Å²) in [7, 11) is 5.30. The second kappa shape index (κ2) is 10.8. The minimum atomic E-state index is 0. The molecule has 0 fully saturated rings. The molecule has 0 atom stereocenters. The van der Waals surface area contributed by atoms with E-state index in [0.29, 0.717) is 25.5 Å². The Hall–Kier alpha value is -0.830. The molecule has 1 aromatic rings. The van der Waals surface area contributed by atoms with E-state index < -0.39 is 0 Å². The molecule has 7 heteroatoms. The maximum Gasteiger partial charge on any atom is 0.224 e. The zero-order valence-electron chi connectivity index (χ0n) is 12.5. The maximum absolute atomic E-state index is 12.0. The number of carbonyl (C=O) groups excluding carboxylic acids is 1. The lowest BCUT2D eigenvalue weighted by Crippen LogP contribution is -2.37. The van der Waals surface area contributed by atoms with Crippen LogP contribution in [0.3, 0.4) is 0 Å². The normalized spacial score (nSPS) is 10.6. The third-order valence-corrected chi connectivity index (χ3v) is 3.66. The molecule has 1 rings (SSSR count). The summed E-state index contributed by atoms with van der Waals surface area (Å²) in [6, 6.07) is 7.92. The lowest BCUT2D eigenvalue weighted by atomic mass is 10.2. The quantitative estimate of drug-likeness (QED) is 0.395. The maximum atomic E-state index is 12.0. The molecule has 21 heavy (non-hydrogen) atoms. The molecule has 0 unspecified atom stereocenters.